The minimum absolute atomic E-state index is 0.417. The average Bonchev–Trinajstić information content (AvgIpc) is 2.36. The third-order valence-electron chi connectivity index (χ3n) is 2.61. The molecule has 0 aliphatic rings. The molecule has 3 nitrogen and oxygen atoms in total. The summed E-state index contributed by atoms with van der Waals surface area (Å²) in [7, 11) is 3.13. The maximum atomic E-state index is 11.4. The second kappa shape index (κ2) is 4.63. The lowest BCUT2D eigenvalue weighted by Gasteiger charge is -2.11. The van der Waals surface area contributed by atoms with E-state index < -0.39 is 5.24 Å². The number of ether oxygens (including phenoxy) is 2. The van der Waals surface area contributed by atoms with Crippen LogP contribution in [0.2, 0.25) is 0 Å². The largest absolute Gasteiger partial charge is 0.496 e. The summed E-state index contributed by atoms with van der Waals surface area (Å²) in [5.74, 6) is 1.28. The molecule has 0 aliphatic heterocycles. The molecule has 0 heterocycles. The van der Waals surface area contributed by atoms with Gasteiger partial charge in [-0.2, -0.15) is 0 Å². The molecule has 0 amide bonds. The Morgan fingerprint density at radius 2 is 1.71 bits per heavy atom. The highest BCUT2D eigenvalue weighted by Gasteiger charge is 2.14. The van der Waals surface area contributed by atoms with Crippen LogP contribution in [0.4, 0.5) is 0 Å². The van der Waals surface area contributed by atoms with Crippen LogP contribution in [-0.2, 0) is 0 Å². The fraction of sp³-hybridized carbons (Fsp3) is 0.154. The first kappa shape index (κ1) is 11.7. The number of carbonyl (C=O) groups excluding carboxylic acids is 1. The van der Waals surface area contributed by atoms with Crippen LogP contribution >= 0.6 is 11.6 Å². The van der Waals surface area contributed by atoms with E-state index >= 15 is 0 Å². The molecule has 2 aromatic carbocycles. The summed E-state index contributed by atoms with van der Waals surface area (Å²) >= 11 is 5.57. The fourth-order valence-electron chi connectivity index (χ4n) is 1.86. The Bertz CT molecular complexity index is 578. The molecule has 88 valence electrons. The third kappa shape index (κ3) is 1.94. The number of benzene rings is 2. The van der Waals surface area contributed by atoms with Gasteiger partial charge in [-0.15, -0.1) is 0 Å². The van der Waals surface area contributed by atoms with Gasteiger partial charge in [-0.3, -0.25) is 4.79 Å². The molecule has 2 rings (SSSR count). The number of carbonyl (C=O) groups is 1. The SMILES string of the molecule is COc1ccc(OC)c2c(C(=O)Cl)cccc12. The molecule has 4 heteroatoms. The molecule has 0 unspecified atom stereocenters. The van der Waals surface area contributed by atoms with E-state index in [2.05, 4.69) is 0 Å². The van der Waals surface area contributed by atoms with Gasteiger partial charge < -0.3 is 9.47 Å². The van der Waals surface area contributed by atoms with E-state index in [-0.39, 0.29) is 0 Å². The van der Waals surface area contributed by atoms with Crippen molar-refractivity contribution in [2.75, 3.05) is 14.2 Å². The highest BCUT2D eigenvalue weighted by molar-refractivity contribution is 6.68. The van der Waals surface area contributed by atoms with Crippen LogP contribution in [0.15, 0.2) is 30.3 Å². The molecule has 0 bridgehead atoms. The molecular weight excluding hydrogens is 240 g/mol. The molecule has 0 saturated carbocycles. The monoisotopic (exact) mass is 250 g/mol. The van der Waals surface area contributed by atoms with Gasteiger partial charge in [0.2, 0.25) is 0 Å². The van der Waals surface area contributed by atoms with E-state index in [4.69, 9.17) is 21.1 Å². The molecule has 17 heavy (non-hydrogen) atoms. The summed E-state index contributed by atoms with van der Waals surface area (Å²) in [6.07, 6.45) is 0. The van der Waals surface area contributed by atoms with Crippen LogP contribution < -0.4 is 9.47 Å². The van der Waals surface area contributed by atoms with E-state index in [0.717, 1.165) is 5.39 Å². The first-order chi connectivity index (χ1) is 8.19. The molecule has 0 aromatic heterocycles. The Labute approximate surface area is 104 Å². The number of fused-ring (bicyclic) bond motifs is 1. The number of hydrogen-bond donors (Lipinski definition) is 0. The Balaban J connectivity index is 2.90. The van der Waals surface area contributed by atoms with Crippen LogP contribution in [0.1, 0.15) is 10.4 Å². The van der Waals surface area contributed by atoms with Crippen LogP contribution in [-0.4, -0.2) is 19.5 Å². The highest BCUT2D eigenvalue weighted by Crippen LogP contribution is 2.35. The third-order valence-corrected chi connectivity index (χ3v) is 2.82. The Hall–Kier alpha value is -1.74. The van der Waals surface area contributed by atoms with E-state index in [1.807, 2.05) is 6.07 Å². The standard InChI is InChI=1S/C13H11ClO3/c1-16-10-6-7-11(17-2)12-8(10)4-3-5-9(12)13(14)15/h3-7H,1-2H3. The van der Waals surface area contributed by atoms with Crippen molar-refractivity contribution in [1.82, 2.24) is 0 Å². The number of hydrogen-bond acceptors (Lipinski definition) is 3. The predicted octanol–water partition coefficient (Wildman–Crippen LogP) is 3.24. The van der Waals surface area contributed by atoms with Crippen LogP contribution in [0, 0.1) is 0 Å². The quantitative estimate of drug-likeness (QED) is 0.785. The lowest BCUT2D eigenvalue weighted by molar-refractivity contribution is 0.108. The van der Waals surface area contributed by atoms with Crippen LogP contribution in [0.3, 0.4) is 0 Å². The molecule has 0 aliphatic carbocycles. The van der Waals surface area contributed by atoms with Gasteiger partial charge in [-0.05, 0) is 29.8 Å². The van der Waals surface area contributed by atoms with Crippen molar-refractivity contribution in [3.05, 3.63) is 35.9 Å². The second-order valence-electron chi connectivity index (χ2n) is 3.47. The molecule has 0 saturated heterocycles. The lowest BCUT2D eigenvalue weighted by Crippen LogP contribution is -1.95. The minimum Gasteiger partial charge on any atom is -0.496 e. The van der Waals surface area contributed by atoms with E-state index in [1.54, 1.807) is 38.5 Å². The van der Waals surface area contributed by atoms with E-state index in [0.29, 0.717) is 22.4 Å². The first-order valence-electron chi connectivity index (χ1n) is 5.02. The van der Waals surface area contributed by atoms with Crippen molar-refractivity contribution in [1.29, 1.82) is 0 Å². The van der Waals surface area contributed by atoms with Gasteiger partial charge in [0.15, 0.2) is 0 Å². The van der Waals surface area contributed by atoms with Crippen molar-refractivity contribution in [3.63, 3.8) is 0 Å². The van der Waals surface area contributed by atoms with Crippen molar-refractivity contribution in [2.24, 2.45) is 0 Å². The van der Waals surface area contributed by atoms with Gasteiger partial charge >= 0.3 is 0 Å². The van der Waals surface area contributed by atoms with Crippen LogP contribution in [0.25, 0.3) is 10.8 Å². The van der Waals surface area contributed by atoms with Gasteiger partial charge in [-0.1, -0.05) is 12.1 Å². The van der Waals surface area contributed by atoms with Gasteiger partial charge in [0, 0.05) is 16.3 Å². The van der Waals surface area contributed by atoms with Crippen molar-refractivity contribution >= 4 is 27.6 Å². The summed E-state index contributed by atoms with van der Waals surface area (Å²) in [6, 6.07) is 8.84. The summed E-state index contributed by atoms with van der Waals surface area (Å²) in [6.45, 7) is 0. The molecule has 0 atom stereocenters. The molecule has 0 fully saturated rings. The van der Waals surface area contributed by atoms with Crippen molar-refractivity contribution < 1.29 is 14.3 Å². The second-order valence-corrected chi connectivity index (χ2v) is 3.82. The zero-order valence-corrected chi connectivity index (χ0v) is 10.2. The van der Waals surface area contributed by atoms with E-state index in [1.165, 1.54) is 0 Å². The smallest absolute Gasteiger partial charge is 0.253 e. The number of halogens is 1. The lowest BCUT2D eigenvalue weighted by atomic mass is 10.0. The maximum Gasteiger partial charge on any atom is 0.253 e. The first-order valence-corrected chi connectivity index (χ1v) is 5.40. The predicted molar refractivity (Wildman–Crippen MR) is 67.2 cm³/mol. The van der Waals surface area contributed by atoms with Crippen molar-refractivity contribution in [2.45, 2.75) is 0 Å². The molecule has 0 N–H and O–H groups in total. The van der Waals surface area contributed by atoms with Gasteiger partial charge in [0.05, 0.1) is 14.2 Å². The zero-order valence-electron chi connectivity index (χ0n) is 9.49. The summed E-state index contributed by atoms with van der Waals surface area (Å²) < 4.78 is 10.5. The van der Waals surface area contributed by atoms with Gasteiger partial charge in [0.1, 0.15) is 11.5 Å². The van der Waals surface area contributed by atoms with Crippen LogP contribution in [0.5, 0.6) is 11.5 Å². The van der Waals surface area contributed by atoms with Crippen molar-refractivity contribution in [3.8, 4) is 11.5 Å². The Morgan fingerprint density at radius 1 is 1.06 bits per heavy atom. The number of methoxy groups -OCH3 is 2. The zero-order chi connectivity index (χ0) is 12.4. The minimum atomic E-state index is -0.512. The summed E-state index contributed by atoms with van der Waals surface area (Å²) in [5.41, 5.74) is 0.417. The van der Waals surface area contributed by atoms with Gasteiger partial charge in [-0.25, -0.2) is 0 Å². The molecule has 0 spiro atoms. The topological polar surface area (TPSA) is 35.5 Å². The normalized spacial score (nSPS) is 10.3. The average molecular weight is 251 g/mol. The van der Waals surface area contributed by atoms with Gasteiger partial charge in [0.25, 0.3) is 5.24 Å². The molecular formula is C13H11ClO3. The Kier molecular flexibility index (Phi) is 3.20. The maximum absolute atomic E-state index is 11.4. The molecule has 0 radical (unpaired) electrons. The van der Waals surface area contributed by atoms with E-state index in [9.17, 15) is 4.79 Å². The Morgan fingerprint density at radius 3 is 2.29 bits per heavy atom. The molecule has 2 aromatic rings. The highest BCUT2D eigenvalue weighted by atomic mass is 35.5. The fourth-order valence-corrected chi connectivity index (χ4v) is 2.02. The summed E-state index contributed by atoms with van der Waals surface area (Å²) in [4.78, 5) is 11.4. The summed E-state index contributed by atoms with van der Waals surface area (Å²) in [5, 5.41) is 0.967. The number of rotatable bonds is 3.